The predicted molar refractivity (Wildman–Crippen MR) is 93.8 cm³/mol. The number of hydrogen-bond acceptors (Lipinski definition) is 3. The molecule has 0 spiro atoms. The van der Waals surface area contributed by atoms with Gasteiger partial charge in [-0.25, -0.2) is 9.18 Å². The third-order valence-corrected chi connectivity index (χ3v) is 3.25. The van der Waals surface area contributed by atoms with E-state index in [-0.39, 0.29) is 11.1 Å². The first-order valence-electron chi connectivity index (χ1n) is 7.80. The second kappa shape index (κ2) is 13.1. The number of carbonyl (C=O) groups is 1. The van der Waals surface area contributed by atoms with E-state index < -0.39 is 5.82 Å². The number of amides is 2. The fourth-order valence-corrected chi connectivity index (χ4v) is 1.87. The van der Waals surface area contributed by atoms with Crippen molar-refractivity contribution in [2.45, 2.75) is 20.8 Å². The van der Waals surface area contributed by atoms with Gasteiger partial charge >= 0.3 is 6.03 Å². The summed E-state index contributed by atoms with van der Waals surface area (Å²) >= 11 is 5.49. The average Bonchev–Trinajstić information content (AvgIpc) is 2.61. The highest BCUT2D eigenvalue weighted by Crippen LogP contribution is 2.18. The zero-order valence-electron chi connectivity index (χ0n) is 14.3. The van der Waals surface area contributed by atoms with Crippen molar-refractivity contribution in [3.05, 3.63) is 29.0 Å². The van der Waals surface area contributed by atoms with Gasteiger partial charge in [0.05, 0.1) is 18.2 Å². The highest BCUT2D eigenvalue weighted by molar-refractivity contribution is 6.31. The van der Waals surface area contributed by atoms with Gasteiger partial charge in [0.1, 0.15) is 5.82 Å². The number of carbonyl (C=O) groups excluding carboxylic acids is 1. The predicted octanol–water partition coefficient (Wildman–Crippen LogP) is 3.60. The molecule has 1 aliphatic rings. The van der Waals surface area contributed by atoms with Crippen LogP contribution in [0.1, 0.15) is 20.8 Å². The molecule has 1 heterocycles. The van der Waals surface area contributed by atoms with Crippen LogP contribution in [-0.4, -0.2) is 50.8 Å². The van der Waals surface area contributed by atoms with Crippen LogP contribution in [0.3, 0.4) is 0 Å². The van der Waals surface area contributed by atoms with E-state index >= 15 is 0 Å². The maximum atomic E-state index is 12.7. The van der Waals surface area contributed by atoms with Gasteiger partial charge < -0.3 is 15.4 Å². The lowest BCUT2D eigenvalue weighted by molar-refractivity contribution is 0.0405. The van der Waals surface area contributed by atoms with Crippen LogP contribution in [0.15, 0.2) is 18.2 Å². The van der Waals surface area contributed by atoms with Crippen LogP contribution in [0.2, 0.25) is 5.02 Å². The molecule has 0 radical (unpaired) electrons. The molecule has 1 fully saturated rings. The van der Waals surface area contributed by atoms with Gasteiger partial charge in [-0.1, -0.05) is 32.4 Å². The largest absolute Gasteiger partial charge is 0.379 e. The second-order valence-corrected chi connectivity index (χ2v) is 4.79. The maximum Gasteiger partial charge on any atom is 0.318 e. The first-order chi connectivity index (χ1) is 11.1. The van der Waals surface area contributed by atoms with Gasteiger partial charge in [-0.15, -0.1) is 0 Å². The van der Waals surface area contributed by atoms with E-state index in [1.807, 2.05) is 13.8 Å². The molecule has 2 rings (SSSR count). The number of rotatable bonds is 2. The standard InChI is InChI=1S/C8H8ClFN2O.C6H13NO.C2H6/c1-11-8(13)12-5-2-3-7(10)6(9)4-5;1-2-7-3-5-8-6-4-7;1-2/h2-4H,1H3,(H2,11,12,13);2-6H2,1H3;1-2H3. The molecular weight excluding hydrogens is 321 g/mol. The number of ether oxygens (including phenoxy) is 1. The third-order valence-electron chi connectivity index (χ3n) is 2.96. The van der Waals surface area contributed by atoms with E-state index in [9.17, 15) is 9.18 Å². The van der Waals surface area contributed by atoms with Crippen molar-refractivity contribution in [2.24, 2.45) is 0 Å². The highest BCUT2D eigenvalue weighted by atomic mass is 35.5. The minimum Gasteiger partial charge on any atom is -0.379 e. The lowest BCUT2D eigenvalue weighted by atomic mass is 10.3. The molecule has 0 bridgehead atoms. The number of anilines is 1. The Morgan fingerprint density at radius 1 is 1.35 bits per heavy atom. The minimum atomic E-state index is -0.510. The summed E-state index contributed by atoms with van der Waals surface area (Å²) in [5.74, 6) is -0.510. The lowest BCUT2D eigenvalue weighted by Gasteiger charge is -2.24. The first-order valence-corrected chi connectivity index (χ1v) is 8.18. The molecule has 2 amide bonds. The molecule has 23 heavy (non-hydrogen) atoms. The molecular formula is C16H27ClFN3O2. The van der Waals surface area contributed by atoms with Crippen molar-refractivity contribution in [1.29, 1.82) is 0 Å². The normalized spacial score (nSPS) is 13.8. The van der Waals surface area contributed by atoms with E-state index in [1.54, 1.807) is 0 Å². The van der Waals surface area contributed by atoms with Crippen LogP contribution in [0.5, 0.6) is 0 Å². The van der Waals surface area contributed by atoms with Gasteiger partial charge in [0.15, 0.2) is 0 Å². The monoisotopic (exact) mass is 347 g/mol. The molecule has 0 aromatic heterocycles. The van der Waals surface area contributed by atoms with Gasteiger partial charge in [-0.2, -0.15) is 0 Å². The molecule has 0 unspecified atom stereocenters. The van der Waals surface area contributed by atoms with Crippen molar-refractivity contribution in [1.82, 2.24) is 10.2 Å². The Kier molecular flexibility index (Phi) is 12.3. The zero-order chi connectivity index (χ0) is 17.7. The summed E-state index contributed by atoms with van der Waals surface area (Å²) in [6.45, 7) is 11.4. The number of nitrogens with zero attached hydrogens (tertiary/aromatic N) is 1. The van der Waals surface area contributed by atoms with Crippen molar-refractivity contribution >= 4 is 23.3 Å². The molecule has 132 valence electrons. The summed E-state index contributed by atoms with van der Waals surface area (Å²) in [6.07, 6.45) is 0. The molecule has 1 saturated heterocycles. The Balaban J connectivity index is 0.000000414. The molecule has 1 aliphatic heterocycles. The van der Waals surface area contributed by atoms with Crippen LogP contribution in [0.25, 0.3) is 0 Å². The van der Waals surface area contributed by atoms with Crippen LogP contribution in [0, 0.1) is 5.82 Å². The highest BCUT2D eigenvalue weighted by Gasteiger charge is 2.05. The van der Waals surface area contributed by atoms with Crippen molar-refractivity contribution < 1.29 is 13.9 Å². The first kappa shape index (κ1) is 21.6. The molecule has 7 heteroatoms. The number of benzene rings is 1. The topological polar surface area (TPSA) is 53.6 Å². The lowest BCUT2D eigenvalue weighted by Crippen LogP contribution is -2.35. The second-order valence-electron chi connectivity index (χ2n) is 4.38. The van der Waals surface area contributed by atoms with Crippen LogP contribution >= 0.6 is 11.6 Å². The number of urea groups is 1. The van der Waals surface area contributed by atoms with Crippen molar-refractivity contribution in [3.8, 4) is 0 Å². The molecule has 5 nitrogen and oxygen atoms in total. The van der Waals surface area contributed by atoms with E-state index in [0.29, 0.717) is 5.69 Å². The molecule has 1 aromatic carbocycles. The van der Waals surface area contributed by atoms with Crippen molar-refractivity contribution in [2.75, 3.05) is 45.2 Å². The van der Waals surface area contributed by atoms with E-state index in [0.717, 1.165) is 26.3 Å². The fourth-order valence-electron chi connectivity index (χ4n) is 1.68. The van der Waals surface area contributed by atoms with Crippen LogP contribution in [0.4, 0.5) is 14.9 Å². The Labute approximate surface area is 143 Å². The molecule has 0 saturated carbocycles. The summed E-state index contributed by atoms with van der Waals surface area (Å²) in [5, 5.41) is 4.80. The maximum absolute atomic E-state index is 12.7. The summed E-state index contributed by atoms with van der Waals surface area (Å²) in [7, 11) is 1.49. The average molecular weight is 348 g/mol. The summed E-state index contributed by atoms with van der Waals surface area (Å²) in [5.41, 5.74) is 0.450. The molecule has 0 atom stereocenters. The number of morpholine rings is 1. The summed E-state index contributed by atoms with van der Waals surface area (Å²) in [6, 6.07) is 3.58. The summed E-state index contributed by atoms with van der Waals surface area (Å²) < 4.78 is 17.8. The zero-order valence-corrected chi connectivity index (χ0v) is 15.0. The molecule has 2 N–H and O–H groups in total. The van der Waals surface area contributed by atoms with Gasteiger partial charge in [-0.3, -0.25) is 4.90 Å². The van der Waals surface area contributed by atoms with E-state index in [4.69, 9.17) is 16.3 Å². The Morgan fingerprint density at radius 2 is 1.96 bits per heavy atom. The molecule has 0 aliphatic carbocycles. The Bertz CT molecular complexity index is 455. The third kappa shape index (κ3) is 9.38. The summed E-state index contributed by atoms with van der Waals surface area (Å²) in [4.78, 5) is 13.2. The van der Waals surface area contributed by atoms with Gasteiger partial charge in [-0.05, 0) is 24.7 Å². The van der Waals surface area contributed by atoms with Crippen LogP contribution in [-0.2, 0) is 4.74 Å². The Hall–Kier alpha value is -1.37. The number of hydrogen-bond donors (Lipinski definition) is 2. The van der Waals surface area contributed by atoms with Gasteiger partial charge in [0, 0.05) is 25.8 Å². The van der Waals surface area contributed by atoms with Crippen LogP contribution < -0.4 is 10.6 Å². The van der Waals surface area contributed by atoms with Gasteiger partial charge in [0.25, 0.3) is 0 Å². The van der Waals surface area contributed by atoms with Gasteiger partial charge in [0.2, 0.25) is 0 Å². The number of likely N-dealkylation sites (N-methyl/N-ethyl adjacent to an activating group) is 1. The minimum absolute atomic E-state index is 0.0195. The molecule has 1 aromatic rings. The van der Waals surface area contributed by atoms with E-state index in [2.05, 4.69) is 22.5 Å². The number of halogens is 2. The smallest absolute Gasteiger partial charge is 0.318 e. The SMILES string of the molecule is CC.CCN1CCOCC1.CNC(=O)Nc1ccc(F)c(Cl)c1. The Morgan fingerprint density at radius 3 is 2.39 bits per heavy atom. The van der Waals surface area contributed by atoms with E-state index in [1.165, 1.54) is 31.8 Å². The quantitative estimate of drug-likeness (QED) is 0.859. The van der Waals surface area contributed by atoms with Crippen molar-refractivity contribution in [3.63, 3.8) is 0 Å². The number of nitrogens with one attached hydrogen (secondary N) is 2. The fraction of sp³-hybridized carbons (Fsp3) is 0.562.